The molecule has 6 heteroatoms. The highest BCUT2D eigenvalue weighted by Gasteiger charge is 2.26. The summed E-state index contributed by atoms with van der Waals surface area (Å²) in [6, 6.07) is 36.2. The number of oxazole rings is 1. The van der Waals surface area contributed by atoms with Gasteiger partial charge >= 0.3 is 0 Å². The molecule has 0 bridgehead atoms. The van der Waals surface area contributed by atoms with Gasteiger partial charge in [0.05, 0.1) is 27.8 Å². The molecule has 9 aromatic rings. The minimum Gasteiger partial charge on any atom is -0.454 e. The third kappa shape index (κ3) is 4.96. The zero-order chi connectivity index (χ0) is 35.2. The molecule has 0 radical (unpaired) electrons. The summed E-state index contributed by atoms with van der Waals surface area (Å²) in [5, 5.41) is 1.83. The van der Waals surface area contributed by atoms with Crippen molar-refractivity contribution in [2.24, 2.45) is 0 Å². The van der Waals surface area contributed by atoms with E-state index in [0.717, 1.165) is 60.9 Å². The predicted molar refractivity (Wildman–Crippen MR) is 209 cm³/mol. The summed E-state index contributed by atoms with van der Waals surface area (Å²) in [6.45, 7) is 15.4. The summed E-state index contributed by atoms with van der Waals surface area (Å²) in [7, 11) is 0. The van der Waals surface area contributed by atoms with E-state index in [0.29, 0.717) is 11.5 Å². The molecule has 6 nitrogen and oxygen atoms in total. The van der Waals surface area contributed by atoms with E-state index in [1.807, 2.05) is 12.1 Å². The molecule has 0 atom stereocenters. The van der Waals surface area contributed by atoms with Crippen LogP contribution in [0.15, 0.2) is 112 Å². The zero-order valence-electron chi connectivity index (χ0n) is 30.1. The molecule has 0 aliphatic heterocycles. The normalized spacial score (nSPS) is 12.6. The summed E-state index contributed by atoms with van der Waals surface area (Å²) < 4.78 is 15.5. The third-order valence-corrected chi connectivity index (χ3v) is 9.98. The third-order valence-electron chi connectivity index (χ3n) is 9.98. The predicted octanol–water partition coefficient (Wildman–Crippen LogP) is 12.5. The smallest absolute Gasteiger partial charge is 0.200 e. The van der Waals surface area contributed by atoms with Crippen LogP contribution in [0.4, 0.5) is 0 Å². The molecule has 0 aliphatic carbocycles. The molecule has 0 unspecified atom stereocenters. The average Bonchev–Trinajstić information content (AvgIpc) is 3.84. The van der Waals surface area contributed by atoms with E-state index in [-0.39, 0.29) is 17.3 Å². The average molecular weight is 669 g/mol. The number of hydrogen-bond donors (Lipinski definition) is 0. The lowest BCUT2D eigenvalue weighted by Crippen LogP contribution is -2.10. The minimum atomic E-state index is -0.213. The summed E-state index contributed by atoms with van der Waals surface area (Å²) >= 11 is 0. The number of furan rings is 1. The Morgan fingerprint density at radius 2 is 1.29 bits per heavy atom. The molecule has 0 saturated heterocycles. The van der Waals surface area contributed by atoms with Gasteiger partial charge in [-0.2, -0.15) is 0 Å². The van der Waals surface area contributed by atoms with Crippen LogP contribution in [0.2, 0.25) is 0 Å². The van der Waals surface area contributed by atoms with Gasteiger partial charge in [-0.05, 0) is 88.7 Å². The van der Waals surface area contributed by atoms with Gasteiger partial charge < -0.3 is 8.83 Å². The topological polar surface area (TPSA) is 69.9 Å². The molecular weight excluding hydrogens is 629 g/mol. The maximum Gasteiger partial charge on any atom is 0.200 e. The van der Waals surface area contributed by atoms with Crippen LogP contribution in [-0.4, -0.2) is 19.5 Å². The number of imidazole rings is 1. The summed E-state index contributed by atoms with van der Waals surface area (Å²) in [5.74, 6) is 2.07. The van der Waals surface area contributed by atoms with Gasteiger partial charge in [0.2, 0.25) is 5.89 Å². The van der Waals surface area contributed by atoms with Crippen molar-refractivity contribution < 1.29 is 8.83 Å². The molecule has 9 rings (SSSR count). The van der Waals surface area contributed by atoms with Crippen molar-refractivity contribution in [3.63, 3.8) is 0 Å². The van der Waals surface area contributed by atoms with E-state index < -0.39 is 0 Å². The van der Waals surface area contributed by atoms with Crippen molar-refractivity contribution in [3.8, 4) is 28.2 Å². The minimum absolute atomic E-state index is 0.213. The van der Waals surface area contributed by atoms with Crippen LogP contribution < -0.4 is 0 Å². The van der Waals surface area contributed by atoms with Gasteiger partial charge in [-0.1, -0.05) is 97.0 Å². The molecule has 252 valence electrons. The van der Waals surface area contributed by atoms with Gasteiger partial charge in [-0.3, -0.25) is 4.57 Å². The second kappa shape index (κ2) is 11.4. The highest BCUT2D eigenvalue weighted by molar-refractivity contribution is 6.13. The number of benzene rings is 5. The number of aromatic nitrogens is 4. The Kier molecular flexibility index (Phi) is 6.98. The lowest BCUT2D eigenvalue weighted by molar-refractivity contribution is 0.412. The fourth-order valence-electron chi connectivity index (χ4n) is 7.37. The van der Waals surface area contributed by atoms with Crippen LogP contribution in [0.1, 0.15) is 77.3 Å². The number of pyridine rings is 1. The summed E-state index contributed by atoms with van der Waals surface area (Å²) in [5.41, 5.74) is 13.5. The fraction of sp³-hybridized carbons (Fsp3) is 0.222. The summed E-state index contributed by atoms with van der Waals surface area (Å²) in [4.78, 5) is 15.3. The van der Waals surface area contributed by atoms with Gasteiger partial charge in [0, 0.05) is 16.2 Å². The molecule has 5 aromatic carbocycles. The quantitative estimate of drug-likeness (QED) is 0.182. The van der Waals surface area contributed by atoms with Crippen molar-refractivity contribution in [2.75, 3.05) is 0 Å². The molecule has 0 spiro atoms. The van der Waals surface area contributed by atoms with Gasteiger partial charge in [-0.25, -0.2) is 15.0 Å². The molecule has 0 N–H and O–H groups in total. The molecule has 0 aliphatic rings. The molecule has 0 saturated carbocycles. The van der Waals surface area contributed by atoms with Crippen molar-refractivity contribution in [1.29, 1.82) is 0 Å². The molecule has 0 amide bonds. The molecule has 0 fully saturated rings. The first kappa shape index (κ1) is 31.2. The second-order valence-electron chi connectivity index (χ2n) is 15.3. The number of hydrogen-bond acceptors (Lipinski definition) is 5. The Balaban J connectivity index is 1.33. The largest absolute Gasteiger partial charge is 0.454 e. The van der Waals surface area contributed by atoms with Crippen LogP contribution >= 0.6 is 0 Å². The number of para-hydroxylation sites is 3. The maximum absolute atomic E-state index is 6.81. The Bertz CT molecular complexity index is 2760. The number of rotatable bonds is 5. The van der Waals surface area contributed by atoms with Crippen molar-refractivity contribution in [3.05, 3.63) is 120 Å². The van der Waals surface area contributed by atoms with Crippen molar-refractivity contribution in [1.82, 2.24) is 19.5 Å². The Hall–Kier alpha value is -5.75. The van der Waals surface area contributed by atoms with E-state index in [1.165, 1.54) is 27.9 Å². The lowest BCUT2D eigenvalue weighted by atomic mass is 9.88. The molecule has 4 aromatic heterocycles. The Labute approximate surface area is 296 Å². The highest BCUT2D eigenvalue weighted by Crippen LogP contribution is 2.43. The van der Waals surface area contributed by atoms with Crippen LogP contribution in [0.25, 0.3) is 83.3 Å². The lowest BCUT2D eigenvalue weighted by Gasteiger charge is -2.24. The molecule has 51 heavy (non-hydrogen) atoms. The Morgan fingerprint density at radius 3 is 2.02 bits per heavy atom. The molecular formula is C45H40N4O2. The SMILES string of the molecule is CC(C)c1cc(-c2ccccc2)cc(C(C)C)c1-n1c(-c2cccc3c2oc2cc4c(ccc5nc(C(C)(C)C)oc54)nc23)nc2ccccc21. The first-order valence-corrected chi connectivity index (χ1v) is 17.8. The van der Waals surface area contributed by atoms with Crippen LogP contribution in [0.5, 0.6) is 0 Å². The van der Waals surface area contributed by atoms with Gasteiger partial charge in [0.25, 0.3) is 0 Å². The van der Waals surface area contributed by atoms with Crippen LogP contribution in [-0.2, 0) is 5.41 Å². The van der Waals surface area contributed by atoms with E-state index in [2.05, 4.69) is 144 Å². The fourth-order valence-corrected chi connectivity index (χ4v) is 7.37. The molecule has 4 heterocycles. The highest BCUT2D eigenvalue weighted by atomic mass is 16.4. The standard InChI is InChI=1S/C45H40N4O2/c1-25(2)31-22-28(27-14-9-8-10-15-27)23-32(26(3)4)40(31)49-37-19-12-11-18-35(37)47-43(49)30-17-13-16-29-39-38(50-41(29)30)24-33-34(46-39)20-21-36-42(33)51-44(48-36)45(5,6)7/h8-26H,1-7H3. The van der Waals surface area contributed by atoms with Gasteiger partial charge in [0.15, 0.2) is 11.2 Å². The number of nitrogens with zero attached hydrogens (tertiary/aromatic N) is 4. The van der Waals surface area contributed by atoms with Crippen LogP contribution in [0.3, 0.4) is 0 Å². The second-order valence-corrected chi connectivity index (χ2v) is 15.3. The first-order valence-electron chi connectivity index (χ1n) is 17.8. The maximum atomic E-state index is 6.81. The van der Waals surface area contributed by atoms with Gasteiger partial charge in [-0.15, -0.1) is 0 Å². The summed E-state index contributed by atoms with van der Waals surface area (Å²) in [6.07, 6.45) is 0. The van der Waals surface area contributed by atoms with Crippen LogP contribution in [0, 0.1) is 0 Å². The number of fused-ring (bicyclic) bond motifs is 7. The zero-order valence-corrected chi connectivity index (χ0v) is 30.1. The monoisotopic (exact) mass is 668 g/mol. The van der Waals surface area contributed by atoms with E-state index in [4.69, 9.17) is 23.8 Å². The van der Waals surface area contributed by atoms with E-state index >= 15 is 0 Å². The van der Waals surface area contributed by atoms with E-state index in [1.54, 1.807) is 0 Å². The van der Waals surface area contributed by atoms with Gasteiger partial charge in [0.1, 0.15) is 22.4 Å². The first-order chi connectivity index (χ1) is 24.6. The van der Waals surface area contributed by atoms with E-state index in [9.17, 15) is 0 Å². The van der Waals surface area contributed by atoms with Crippen molar-refractivity contribution >= 4 is 55.1 Å². The van der Waals surface area contributed by atoms with Crippen molar-refractivity contribution in [2.45, 2.75) is 65.7 Å². The Morgan fingerprint density at radius 1 is 0.588 bits per heavy atom.